The lowest BCUT2D eigenvalue weighted by molar-refractivity contribution is -0.123. The fourth-order valence-electron chi connectivity index (χ4n) is 2.53. The van der Waals surface area contributed by atoms with E-state index in [0.717, 1.165) is 25.7 Å². The number of halogens is 1. The maximum Gasteiger partial charge on any atom is 0.231 e. The van der Waals surface area contributed by atoms with Gasteiger partial charge in [-0.05, 0) is 31.0 Å². The fraction of sp³-hybridized carbons (Fsp3) is 0.500. The van der Waals surface area contributed by atoms with Crippen LogP contribution in [-0.2, 0) is 4.79 Å². The van der Waals surface area contributed by atoms with Crippen molar-refractivity contribution in [3.05, 3.63) is 30.1 Å². The molecule has 1 aromatic carbocycles. The van der Waals surface area contributed by atoms with Gasteiger partial charge < -0.3 is 10.6 Å². The van der Waals surface area contributed by atoms with Gasteiger partial charge in [0.15, 0.2) is 0 Å². The van der Waals surface area contributed by atoms with E-state index in [1.807, 2.05) is 0 Å². The monoisotopic (exact) mass is 250 g/mol. The Bertz CT molecular complexity index is 436. The molecule has 1 aliphatic rings. The van der Waals surface area contributed by atoms with Crippen LogP contribution in [0.1, 0.15) is 25.7 Å². The number of carbonyl (C=O) groups excluding carboxylic acids is 1. The van der Waals surface area contributed by atoms with Gasteiger partial charge in [0, 0.05) is 18.8 Å². The summed E-state index contributed by atoms with van der Waals surface area (Å²) in [7, 11) is 1.68. The molecule has 2 atom stereocenters. The topological polar surface area (TPSA) is 46.3 Å². The molecule has 3 nitrogen and oxygen atoms in total. The summed E-state index contributed by atoms with van der Waals surface area (Å²) in [5.74, 6) is -0.472. The largest absolute Gasteiger partial charge is 0.327 e. The lowest BCUT2D eigenvalue weighted by atomic mass is 9.84. The molecule has 1 aliphatic carbocycles. The van der Waals surface area contributed by atoms with Crippen molar-refractivity contribution in [2.75, 3.05) is 11.9 Å². The lowest BCUT2D eigenvalue weighted by Gasteiger charge is -2.31. The number of carbonyl (C=O) groups is 1. The normalized spacial score (nSPS) is 23.7. The van der Waals surface area contributed by atoms with Crippen molar-refractivity contribution in [1.82, 2.24) is 0 Å². The van der Waals surface area contributed by atoms with Crippen molar-refractivity contribution in [2.45, 2.75) is 31.7 Å². The average molecular weight is 250 g/mol. The van der Waals surface area contributed by atoms with Crippen LogP contribution in [-0.4, -0.2) is 19.0 Å². The Morgan fingerprint density at radius 3 is 2.78 bits per heavy atom. The van der Waals surface area contributed by atoms with E-state index in [1.54, 1.807) is 19.2 Å². The van der Waals surface area contributed by atoms with Gasteiger partial charge in [0.25, 0.3) is 0 Å². The third kappa shape index (κ3) is 2.70. The second-order valence-electron chi connectivity index (χ2n) is 4.93. The van der Waals surface area contributed by atoms with Crippen LogP contribution in [0.25, 0.3) is 0 Å². The number of nitrogens with two attached hydrogens (primary N) is 1. The van der Waals surface area contributed by atoms with E-state index in [0.29, 0.717) is 5.69 Å². The molecular formula is C14H19FN2O. The zero-order valence-corrected chi connectivity index (χ0v) is 10.6. The first kappa shape index (κ1) is 13.0. The minimum atomic E-state index is -0.333. The summed E-state index contributed by atoms with van der Waals surface area (Å²) in [5, 5.41) is 0. The van der Waals surface area contributed by atoms with Gasteiger partial charge >= 0.3 is 0 Å². The van der Waals surface area contributed by atoms with Crippen LogP contribution in [0.15, 0.2) is 24.3 Å². The number of hydrogen-bond acceptors (Lipinski definition) is 2. The molecule has 18 heavy (non-hydrogen) atoms. The molecule has 2 rings (SSSR count). The maximum atomic E-state index is 13.1. The van der Waals surface area contributed by atoms with E-state index in [2.05, 4.69) is 0 Å². The van der Waals surface area contributed by atoms with Crippen molar-refractivity contribution in [3.63, 3.8) is 0 Å². The first-order valence-corrected chi connectivity index (χ1v) is 6.38. The summed E-state index contributed by atoms with van der Waals surface area (Å²) in [6.45, 7) is 0. The average Bonchev–Trinajstić information content (AvgIpc) is 2.37. The molecule has 98 valence electrons. The van der Waals surface area contributed by atoms with E-state index in [4.69, 9.17) is 5.73 Å². The Morgan fingerprint density at radius 2 is 2.11 bits per heavy atom. The van der Waals surface area contributed by atoms with E-state index in [9.17, 15) is 9.18 Å². The maximum absolute atomic E-state index is 13.1. The van der Waals surface area contributed by atoms with Crippen molar-refractivity contribution in [3.8, 4) is 0 Å². The Kier molecular flexibility index (Phi) is 3.97. The molecular weight excluding hydrogens is 231 g/mol. The Labute approximate surface area is 107 Å². The first-order valence-electron chi connectivity index (χ1n) is 6.38. The minimum absolute atomic E-state index is 0.00667. The molecule has 4 heteroatoms. The van der Waals surface area contributed by atoms with Gasteiger partial charge in [-0.1, -0.05) is 18.9 Å². The Morgan fingerprint density at radius 1 is 1.39 bits per heavy atom. The highest BCUT2D eigenvalue weighted by molar-refractivity contribution is 5.95. The van der Waals surface area contributed by atoms with Gasteiger partial charge in [0.2, 0.25) is 5.91 Å². The SMILES string of the molecule is CN(C(=O)C1CCCCC1N)c1cccc(F)c1. The quantitative estimate of drug-likeness (QED) is 0.875. The number of anilines is 1. The fourth-order valence-corrected chi connectivity index (χ4v) is 2.53. The van der Waals surface area contributed by atoms with E-state index < -0.39 is 0 Å². The van der Waals surface area contributed by atoms with Crippen molar-refractivity contribution in [1.29, 1.82) is 0 Å². The highest BCUT2D eigenvalue weighted by Crippen LogP contribution is 2.26. The Balaban J connectivity index is 2.13. The standard InChI is InChI=1S/C14H19FN2O/c1-17(11-6-4-5-10(15)9-11)14(18)12-7-2-3-8-13(12)16/h4-6,9,12-13H,2-3,7-8,16H2,1H3. The van der Waals surface area contributed by atoms with Crippen LogP contribution in [0, 0.1) is 11.7 Å². The predicted molar refractivity (Wildman–Crippen MR) is 69.7 cm³/mol. The molecule has 1 fully saturated rings. The summed E-state index contributed by atoms with van der Waals surface area (Å²) in [4.78, 5) is 13.9. The molecule has 2 unspecified atom stereocenters. The second kappa shape index (κ2) is 5.48. The van der Waals surface area contributed by atoms with Gasteiger partial charge in [-0.25, -0.2) is 4.39 Å². The summed E-state index contributed by atoms with van der Waals surface area (Å²) >= 11 is 0. The van der Waals surface area contributed by atoms with Gasteiger partial charge in [0.05, 0.1) is 5.92 Å². The Hall–Kier alpha value is -1.42. The van der Waals surface area contributed by atoms with Crippen LogP contribution in [0.2, 0.25) is 0 Å². The number of rotatable bonds is 2. The minimum Gasteiger partial charge on any atom is -0.327 e. The smallest absolute Gasteiger partial charge is 0.231 e. The molecule has 0 heterocycles. The number of hydrogen-bond donors (Lipinski definition) is 1. The van der Waals surface area contributed by atoms with Crippen LogP contribution in [0.5, 0.6) is 0 Å². The highest BCUT2D eigenvalue weighted by atomic mass is 19.1. The molecule has 0 spiro atoms. The molecule has 1 amide bonds. The van der Waals surface area contributed by atoms with Crippen LogP contribution in [0.4, 0.5) is 10.1 Å². The molecule has 2 N–H and O–H groups in total. The highest BCUT2D eigenvalue weighted by Gasteiger charge is 2.30. The second-order valence-corrected chi connectivity index (χ2v) is 4.93. The third-order valence-electron chi connectivity index (χ3n) is 3.66. The summed E-state index contributed by atoms with van der Waals surface area (Å²) in [6, 6.07) is 6.01. The summed E-state index contributed by atoms with van der Waals surface area (Å²) in [5.41, 5.74) is 6.59. The number of benzene rings is 1. The van der Waals surface area contributed by atoms with Gasteiger partial charge in [0.1, 0.15) is 5.82 Å². The van der Waals surface area contributed by atoms with Crippen LogP contribution >= 0.6 is 0 Å². The third-order valence-corrected chi connectivity index (χ3v) is 3.66. The molecule has 0 radical (unpaired) electrons. The van der Waals surface area contributed by atoms with Crippen molar-refractivity contribution >= 4 is 11.6 Å². The van der Waals surface area contributed by atoms with Crippen LogP contribution < -0.4 is 10.6 Å². The van der Waals surface area contributed by atoms with Gasteiger partial charge in [-0.2, -0.15) is 0 Å². The van der Waals surface area contributed by atoms with Crippen molar-refractivity contribution in [2.24, 2.45) is 11.7 Å². The molecule has 1 aromatic rings. The summed E-state index contributed by atoms with van der Waals surface area (Å²) < 4.78 is 13.1. The molecule has 0 bridgehead atoms. The molecule has 0 saturated heterocycles. The first-order chi connectivity index (χ1) is 8.59. The summed E-state index contributed by atoms with van der Waals surface area (Å²) in [6.07, 6.45) is 3.86. The van der Waals surface area contributed by atoms with E-state index in [-0.39, 0.29) is 23.7 Å². The molecule has 0 aliphatic heterocycles. The van der Waals surface area contributed by atoms with E-state index >= 15 is 0 Å². The number of nitrogens with zero attached hydrogens (tertiary/aromatic N) is 1. The zero-order valence-electron chi connectivity index (χ0n) is 10.6. The zero-order chi connectivity index (χ0) is 13.1. The number of amides is 1. The predicted octanol–water partition coefficient (Wildman–Crippen LogP) is 2.31. The molecule has 0 aromatic heterocycles. The van der Waals surface area contributed by atoms with Gasteiger partial charge in [-0.3, -0.25) is 4.79 Å². The molecule has 1 saturated carbocycles. The van der Waals surface area contributed by atoms with E-state index in [1.165, 1.54) is 17.0 Å². The lowest BCUT2D eigenvalue weighted by Crippen LogP contribution is -2.44. The van der Waals surface area contributed by atoms with Crippen LogP contribution in [0.3, 0.4) is 0 Å². The van der Waals surface area contributed by atoms with Crippen molar-refractivity contribution < 1.29 is 9.18 Å². The van der Waals surface area contributed by atoms with Gasteiger partial charge in [-0.15, -0.1) is 0 Å².